The standard InChI is InChI=1S/C14H14ClIN2O3/c1-19-7-9-11(16)13(15)18-14(17-9)8-5-4-6-10(20-2)12(8)21-3/h4-6H,7H2,1-3H3. The molecule has 0 fully saturated rings. The molecule has 1 aromatic heterocycles. The third-order valence-corrected chi connectivity index (χ3v) is 4.53. The van der Waals surface area contributed by atoms with Crippen molar-refractivity contribution in [2.75, 3.05) is 21.3 Å². The van der Waals surface area contributed by atoms with E-state index in [1.807, 2.05) is 18.2 Å². The summed E-state index contributed by atoms with van der Waals surface area (Å²) < 4.78 is 16.6. The molecule has 0 radical (unpaired) electrons. The van der Waals surface area contributed by atoms with Gasteiger partial charge in [0, 0.05) is 7.11 Å². The lowest BCUT2D eigenvalue weighted by Crippen LogP contribution is -2.03. The second kappa shape index (κ2) is 7.24. The molecule has 1 aromatic carbocycles. The van der Waals surface area contributed by atoms with Crippen molar-refractivity contribution < 1.29 is 14.2 Å². The lowest BCUT2D eigenvalue weighted by atomic mass is 10.1. The first-order valence-corrected chi connectivity index (χ1v) is 7.50. The van der Waals surface area contributed by atoms with Crippen molar-refractivity contribution in [1.29, 1.82) is 0 Å². The quantitative estimate of drug-likeness (QED) is 0.547. The molecule has 0 atom stereocenters. The van der Waals surface area contributed by atoms with Crippen LogP contribution in [0.25, 0.3) is 11.4 Å². The minimum atomic E-state index is 0.361. The van der Waals surface area contributed by atoms with E-state index < -0.39 is 0 Å². The number of hydrogen-bond acceptors (Lipinski definition) is 5. The van der Waals surface area contributed by atoms with Gasteiger partial charge in [-0.2, -0.15) is 0 Å². The van der Waals surface area contributed by atoms with Crippen LogP contribution in [0.3, 0.4) is 0 Å². The zero-order valence-corrected chi connectivity index (χ0v) is 14.7. The molecular formula is C14H14ClIN2O3. The molecule has 0 aliphatic heterocycles. The van der Waals surface area contributed by atoms with Gasteiger partial charge in [-0.25, -0.2) is 9.97 Å². The molecule has 2 rings (SSSR count). The van der Waals surface area contributed by atoms with Crippen molar-refractivity contribution in [3.63, 3.8) is 0 Å². The summed E-state index contributed by atoms with van der Waals surface area (Å²) in [6, 6.07) is 5.52. The number of aromatic nitrogens is 2. The SMILES string of the molecule is COCc1nc(-c2cccc(OC)c2OC)nc(Cl)c1I. The first-order chi connectivity index (χ1) is 10.1. The fourth-order valence-corrected chi connectivity index (χ4v) is 2.47. The second-order valence-electron chi connectivity index (χ2n) is 4.07. The van der Waals surface area contributed by atoms with E-state index in [1.165, 1.54) is 0 Å². The van der Waals surface area contributed by atoms with Crippen molar-refractivity contribution >= 4 is 34.2 Å². The Labute approximate surface area is 141 Å². The number of rotatable bonds is 5. The van der Waals surface area contributed by atoms with Crippen LogP contribution in [-0.2, 0) is 11.3 Å². The summed E-state index contributed by atoms with van der Waals surface area (Å²) in [6.07, 6.45) is 0. The summed E-state index contributed by atoms with van der Waals surface area (Å²) in [6.45, 7) is 0.361. The van der Waals surface area contributed by atoms with E-state index in [1.54, 1.807) is 21.3 Å². The van der Waals surface area contributed by atoms with Gasteiger partial charge in [-0.3, -0.25) is 0 Å². The van der Waals surface area contributed by atoms with E-state index in [0.717, 1.165) is 9.26 Å². The van der Waals surface area contributed by atoms with E-state index >= 15 is 0 Å². The Morgan fingerprint density at radius 2 is 1.90 bits per heavy atom. The van der Waals surface area contributed by atoms with Crippen LogP contribution in [0.1, 0.15) is 5.69 Å². The molecule has 112 valence electrons. The van der Waals surface area contributed by atoms with Crippen molar-refractivity contribution in [1.82, 2.24) is 9.97 Å². The minimum absolute atomic E-state index is 0.361. The third-order valence-electron chi connectivity index (χ3n) is 2.80. The van der Waals surface area contributed by atoms with Gasteiger partial charge in [0.25, 0.3) is 0 Å². The number of ether oxygens (including phenoxy) is 3. The van der Waals surface area contributed by atoms with Gasteiger partial charge in [-0.05, 0) is 34.7 Å². The van der Waals surface area contributed by atoms with Crippen molar-refractivity contribution in [2.24, 2.45) is 0 Å². The van der Waals surface area contributed by atoms with Gasteiger partial charge in [0.2, 0.25) is 0 Å². The Morgan fingerprint density at radius 1 is 1.14 bits per heavy atom. The van der Waals surface area contributed by atoms with Gasteiger partial charge in [0.05, 0.1) is 35.7 Å². The van der Waals surface area contributed by atoms with E-state index in [9.17, 15) is 0 Å². The highest BCUT2D eigenvalue weighted by molar-refractivity contribution is 14.1. The predicted octanol–water partition coefficient (Wildman–Crippen LogP) is 3.57. The van der Waals surface area contributed by atoms with E-state index in [2.05, 4.69) is 32.6 Å². The largest absolute Gasteiger partial charge is 0.493 e. The number of nitrogens with zero attached hydrogens (tertiary/aromatic N) is 2. The Morgan fingerprint density at radius 3 is 2.52 bits per heavy atom. The predicted molar refractivity (Wildman–Crippen MR) is 89.0 cm³/mol. The highest BCUT2D eigenvalue weighted by atomic mass is 127. The van der Waals surface area contributed by atoms with Gasteiger partial charge in [0.15, 0.2) is 17.3 Å². The summed E-state index contributed by atoms with van der Waals surface area (Å²) in [5.41, 5.74) is 1.45. The van der Waals surface area contributed by atoms with Crippen LogP contribution in [0.4, 0.5) is 0 Å². The van der Waals surface area contributed by atoms with E-state index in [-0.39, 0.29) is 0 Å². The van der Waals surface area contributed by atoms with Gasteiger partial charge < -0.3 is 14.2 Å². The highest BCUT2D eigenvalue weighted by Gasteiger charge is 2.17. The zero-order chi connectivity index (χ0) is 15.4. The maximum Gasteiger partial charge on any atom is 0.171 e. The van der Waals surface area contributed by atoms with Crippen LogP contribution in [0, 0.1) is 3.57 Å². The molecule has 1 heterocycles. The van der Waals surface area contributed by atoms with Gasteiger partial charge >= 0.3 is 0 Å². The Balaban J connectivity index is 2.62. The summed E-state index contributed by atoms with van der Waals surface area (Å²) in [5, 5.41) is 0.387. The molecule has 0 spiro atoms. The lowest BCUT2D eigenvalue weighted by molar-refractivity contribution is 0.181. The Hall–Kier alpha value is -1.12. The summed E-state index contributed by atoms with van der Waals surface area (Å²) in [4.78, 5) is 8.84. The Bertz CT molecular complexity index is 652. The molecule has 0 aliphatic carbocycles. The lowest BCUT2D eigenvalue weighted by Gasteiger charge is -2.13. The number of para-hydroxylation sites is 1. The van der Waals surface area contributed by atoms with Gasteiger partial charge in [-0.15, -0.1) is 0 Å². The van der Waals surface area contributed by atoms with Crippen molar-refractivity contribution in [3.8, 4) is 22.9 Å². The molecular weight excluding hydrogens is 407 g/mol. The van der Waals surface area contributed by atoms with Crippen molar-refractivity contribution in [3.05, 3.63) is 32.6 Å². The smallest absolute Gasteiger partial charge is 0.171 e. The number of halogens is 2. The van der Waals surface area contributed by atoms with Gasteiger partial charge in [0.1, 0.15) is 5.15 Å². The molecule has 0 bridgehead atoms. The number of benzene rings is 1. The summed E-state index contributed by atoms with van der Waals surface area (Å²) in [7, 11) is 4.77. The fraction of sp³-hybridized carbons (Fsp3) is 0.286. The molecule has 0 saturated heterocycles. The molecule has 0 amide bonds. The van der Waals surface area contributed by atoms with Crippen LogP contribution >= 0.6 is 34.2 Å². The average molecular weight is 421 g/mol. The van der Waals surface area contributed by atoms with Crippen molar-refractivity contribution in [2.45, 2.75) is 6.61 Å². The minimum Gasteiger partial charge on any atom is -0.493 e. The topological polar surface area (TPSA) is 53.5 Å². The third kappa shape index (κ3) is 3.38. The van der Waals surface area contributed by atoms with Crippen LogP contribution in [0.5, 0.6) is 11.5 Å². The number of hydrogen-bond donors (Lipinski definition) is 0. The first-order valence-electron chi connectivity index (χ1n) is 6.04. The molecule has 7 heteroatoms. The molecule has 2 aromatic rings. The Kier molecular flexibility index (Phi) is 5.60. The number of methoxy groups -OCH3 is 3. The molecule has 0 unspecified atom stereocenters. The second-order valence-corrected chi connectivity index (χ2v) is 5.51. The van der Waals surface area contributed by atoms with E-state index in [4.69, 9.17) is 25.8 Å². The maximum absolute atomic E-state index is 6.19. The summed E-state index contributed by atoms with van der Waals surface area (Å²) >= 11 is 8.29. The maximum atomic E-state index is 6.19. The van der Waals surface area contributed by atoms with Gasteiger partial charge in [-0.1, -0.05) is 17.7 Å². The van der Waals surface area contributed by atoms with Crippen LogP contribution in [-0.4, -0.2) is 31.3 Å². The normalized spacial score (nSPS) is 10.5. The highest BCUT2D eigenvalue weighted by Crippen LogP contribution is 2.37. The van der Waals surface area contributed by atoms with Crippen LogP contribution in [0.2, 0.25) is 5.15 Å². The van der Waals surface area contributed by atoms with E-state index in [0.29, 0.717) is 34.6 Å². The molecule has 0 N–H and O–H groups in total. The molecule has 21 heavy (non-hydrogen) atoms. The van der Waals surface area contributed by atoms with Crippen LogP contribution < -0.4 is 9.47 Å². The zero-order valence-electron chi connectivity index (χ0n) is 11.8. The summed E-state index contributed by atoms with van der Waals surface area (Å²) in [5.74, 6) is 1.66. The monoisotopic (exact) mass is 420 g/mol. The molecule has 0 saturated carbocycles. The average Bonchev–Trinajstić information content (AvgIpc) is 2.50. The van der Waals surface area contributed by atoms with Crippen LogP contribution in [0.15, 0.2) is 18.2 Å². The first kappa shape index (κ1) is 16.3. The fourth-order valence-electron chi connectivity index (χ4n) is 1.88. The molecule has 0 aliphatic rings. The molecule has 5 nitrogen and oxygen atoms in total.